The van der Waals surface area contributed by atoms with Crippen molar-refractivity contribution in [2.45, 2.75) is 4.90 Å². The van der Waals surface area contributed by atoms with E-state index in [0.29, 0.717) is 0 Å². The van der Waals surface area contributed by atoms with E-state index in [-0.39, 0.29) is 10.5 Å². The summed E-state index contributed by atoms with van der Waals surface area (Å²) in [6.45, 7) is 0. The molecular weight excluding hydrogens is 205 g/mol. The van der Waals surface area contributed by atoms with Gasteiger partial charge in [0.1, 0.15) is 0 Å². The number of hydrogen-bond acceptors (Lipinski definition) is 3. The van der Waals surface area contributed by atoms with E-state index in [1.54, 1.807) is 4.63 Å². The topological polar surface area (TPSA) is 83.5 Å². The van der Waals surface area contributed by atoms with Crippen molar-refractivity contribution in [1.82, 2.24) is 4.63 Å². The summed E-state index contributed by atoms with van der Waals surface area (Å²) in [6, 6.07) is 4.89. The van der Waals surface area contributed by atoms with E-state index in [2.05, 4.69) is 0 Å². The fourth-order valence-electron chi connectivity index (χ4n) is 0.864. The molecule has 2 radical (unpaired) electrons. The zero-order valence-electron chi connectivity index (χ0n) is 6.97. The summed E-state index contributed by atoms with van der Waals surface area (Å²) in [5.74, 6) is -1.20. The number of hydrogen-bond donors (Lipinski definition) is 2. The van der Waals surface area contributed by atoms with Crippen molar-refractivity contribution in [1.29, 1.82) is 0 Å². The van der Waals surface area contributed by atoms with Crippen LogP contribution in [-0.4, -0.2) is 27.5 Å². The van der Waals surface area contributed by atoms with Gasteiger partial charge in [0.05, 0.1) is 10.5 Å². The van der Waals surface area contributed by atoms with Gasteiger partial charge < -0.3 is 5.11 Å². The molecule has 0 saturated heterocycles. The largest absolute Gasteiger partial charge is 0.478 e. The first-order valence-electron chi connectivity index (χ1n) is 3.53. The third-order valence-corrected chi connectivity index (χ3v) is 2.73. The van der Waals surface area contributed by atoms with Gasteiger partial charge in [-0.05, 0) is 18.2 Å². The van der Waals surface area contributed by atoms with Gasteiger partial charge in [-0.25, -0.2) is 13.2 Å². The quantitative estimate of drug-likeness (QED) is 0.675. The molecule has 0 saturated carbocycles. The van der Waals surface area contributed by atoms with Gasteiger partial charge in [0.2, 0.25) is 18.0 Å². The van der Waals surface area contributed by atoms with Crippen LogP contribution in [0.5, 0.6) is 0 Å². The lowest BCUT2D eigenvalue weighted by Crippen LogP contribution is -2.20. The summed E-state index contributed by atoms with van der Waals surface area (Å²) >= 11 is 0. The third-order valence-electron chi connectivity index (χ3n) is 1.55. The molecule has 2 N–H and O–H groups in total. The molecule has 0 aromatic heterocycles. The van der Waals surface area contributed by atoms with Crippen molar-refractivity contribution < 1.29 is 18.3 Å². The van der Waals surface area contributed by atoms with Gasteiger partial charge >= 0.3 is 5.97 Å². The summed E-state index contributed by atoms with van der Waals surface area (Å²) in [4.78, 5) is 10.3. The maximum atomic E-state index is 11.1. The Hall–Kier alpha value is -1.34. The van der Waals surface area contributed by atoms with Gasteiger partial charge in [-0.2, -0.15) is 0 Å². The molecule has 1 aromatic rings. The lowest BCUT2D eigenvalue weighted by atomic mass is 10.2. The van der Waals surface area contributed by atoms with E-state index in [1.807, 2.05) is 0 Å². The average Bonchev–Trinajstić information content (AvgIpc) is 2.18. The van der Waals surface area contributed by atoms with E-state index in [1.165, 1.54) is 18.2 Å². The van der Waals surface area contributed by atoms with Crippen LogP contribution in [0, 0.1) is 0 Å². The van der Waals surface area contributed by atoms with Crippen molar-refractivity contribution in [3.8, 4) is 0 Å². The minimum absolute atomic E-state index is 0.110. The monoisotopic (exact) mass is 211 g/mol. The van der Waals surface area contributed by atoms with Gasteiger partial charge in [-0.15, -0.1) is 0 Å². The molecule has 14 heavy (non-hydrogen) atoms. The van der Waals surface area contributed by atoms with Crippen molar-refractivity contribution >= 4 is 24.0 Å². The zero-order chi connectivity index (χ0) is 10.8. The van der Waals surface area contributed by atoms with E-state index in [9.17, 15) is 13.2 Å². The Kier molecular flexibility index (Phi) is 2.92. The number of carboxylic acids is 1. The van der Waals surface area contributed by atoms with E-state index in [0.717, 1.165) is 6.07 Å². The molecule has 0 fully saturated rings. The molecule has 1 aromatic carbocycles. The molecule has 0 heterocycles. The van der Waals surface area contributed by atoms with Crippen molar-refractivity contribution in [2.24, 2.45) is 0 Å². The van der Waals surface area contributed by atoms with Crippen LogP contribution in [0.2, 0.25) is 0 Å². The first kappa shape index (κ1) is 10.7. The second-order valence-corrected chi connectivity index (χ2v) is 4.17. The van der Waals surface area contributed by atoms with Crippen LogP contribution < -0.4 is 4.63 Å². The summed E-state index contributed by atoms with van der Waals surface area (Å²) in [5, 5.41) is 8.60. The fourth-order valence-corrected chi connectivity index (χ4v) is 1.54. The molecule has 72 valence electrons. The first-order valence-corrected chi connectivity index (χ1v) is 5.01. The zero-order valence-corrected chi connectivity index (χ0v) is 7.78. The highest BCUT2D eigenvalue weighted by atomic mass is 32.2. The first-order chi connectivity index (χ1) is 6.47. The molecule has 0 bridgehead atoms. The molecule has 0 aliphatic heterocycles. The normalized spacial score (nSPS) is 11.1. The van der Waals surface area contributed by atoms with Crippen LogP contribution in [0.4, 0.5) is 0 Å². The number of sulfonamides is 1. The number of aromatic carboxylic acids is 1. The number of carbonyl (C=O) groups is 1. The Balaban J connectivity index is 3.26. The summed E-state index contributed by atoms with van der Waals surface area (Å²) in [7, 11) is 0.989. The molecule has 5 nitrogen and oxygen atoms in total. The summed E-state index contributed by atoms with van der Waals surface area (Å²) in [5.41, 5.74) is -0.110. The minimum atomic E-state index is -3.79. The molecule has 0 amide bonds. The third kappa shape index (κ3) is 2.12. The average molecular weight is 211 g/mol. The van der Waals surface area contributed by atoms with Crippen molar-refractivity contribution in [3.63, 3.8) is 0 Å². The van der Waals surface area contributed by atoms with Gasteiger partial charge in [0, 0.05) is 0 Å². The Labute approximate surface area is 82.2 Å². The van der Waals surface area contributed by atoms with Crippen LogP contribution in [0.3, 0.4) is 0 Å². The lowest BCUT2D eigenvalue weighted by molar-refractivity contribution is 0.0696. The SMILES string of the molecule is [B]NS(=O)(=O)c1cccc(C(=O)O)c1. The molecule has 0 aliphatic rings. The fraction of sp³-hybridized carbons (Fsp3) is 0. The Bertz CT molecular complexity index is 457. The highest BCUT2D eigenvalue weighted by molar-refractivity contribution is 7.90. The van der Waals surface area contributed by atoms with Crippen LogP contribution in [-0.2, 0) is 10.0 Å². The summed E-state index contributed by atoms with van der Waals surface area (Å²) in [6.07, 6.45) is 0. The van der Waals surface area contributed by atoms with Crippen molar-refractivity contribution in [2.75, 3.05) is 0 Å². The predicted molar refractivity (Wildman–Crippen MR) is 49.5 cm³/mol. The second kappa shape index (κ2) is 3.81. The number of carboxylic acid groups (broad SMARTS) is 1. The second-order valence-electron chi connectivity index (χ2n) is 2.45. The highest BCUT2D eigenvalue weighted by Crippen LogP contribution is 2.10. The molecular formula is C7H6BNO4S. The molecule has 0 aliphatic carbocycles. The lowest BCUT2D eigenvalue weighted by Gasteiger charge is -2.02. The standard InChI is InChI=1S/C7H6BNO4S/c8-9-14(12,13)6-3-1-2-5(4-6)7(10)11/h1-4,9H,(H,10,11). The molecule has 7 heteroatoms. The molecule has 0 atom stereocenters. The maximum absolute atomic E-state index is 11.1. The van der Waals surface area contributed by atoms with Crippen molar-refractivity contribution in [3.05, 3.63) is 29.8 Å². The molecule has 0 unspecified atom stereocenters. The van der Waals surface area contributed by atoms with Crippen LogP contribution in [0.25, 0.3) is 0 Å². The van der Waals surface area contributed by atoms with Gasteiger partial charge in [0.15, 0.2) is 0 Å². The van der Waals surface area contributed by atoms with Crippen LogP contribution >= 0.6 is 0 Å². The Morgan fingerprint density at radius 2 is 2.07 bits per heavy atom. The minimum Gasteiger partial charge on any atom is -0.478 e. The van der Waals surface area contributed by atoms with E-state index >= 15 is 0 Å². The Morgan fingerprint density at radius 3 is 2.57 bits per heavy atom. The van der Waals surface area contributed by atoms with E-state index < -0.39 is 16.0 Å². The van der Waals surface area contributed by atoms with Gasteiger partial charge in [-0.1, -0.05) is 6.07 Å². The number of rotatable bonds is 3. The smallest absolute Gasteiger partial charge is 0.335 e. The maximum Gasteiger partial charge on any atom is 0.335 e. The number of nitrogens with one attached hydrogen (secondary N) is 1. The van der Waals surface area contributed by atoms with Crippen LogP contribution in [0.1, 0.15) is 10.4 Å². The van der Waals surface area contributed by atoms with Gasteiger partial charge in [-0.3, -0.25) is 4.63 Å². The molecule has 1 rings (SSSR count). The number of benzene rings is 1. The van der Waals surface area contributed by atoms with E-state index in [4.69, 9.17) is 13.1 Å². The highest BCUT2D eigenvalue weighted by Gasteiger charge is 2.12. The predicted octanol–water partition coefficient (Wildman–Crippen LogP) is -0.253. The molecule has 0 spiro atoms. The van der Waals surface area contributed by atoms with Gasteiger partial charge in [0.25, 0.3) is 0 Å². The van der Waals surface area contributed by atoms with Crippen LogP contribution in [0.15, 0.2) is 29.2 Å². The summed E-state index contributed by atoms with van der Waals surface area (Å²) < 4.78 is 23.9. The Morgan fingerprint density at radius 1 is 1.43 bits per heavy atom.